The third-order valence-electron chi connectivity index (χ3n) is 3.11. The first-order valence-electron chi connectivity index (χ1n) is 6.68. The fourth-order valence-corrected chi connectivity index (χ4v) is 1.98. The maximum absolute atomic E-state index is 10.9. The van der Waals surface area contributed by atoms with Crippen LogP contribution in [-0.4, -0.2) is 21.3 Å². The molecule has 0 aliphatic carbocycles. The van der Waals surface area contributed by atoms with Crippen molar-refractivity contribution >= 4 is 17.0 Å². The maximum atomic E-state index is 10.9. The molecule has 0 radical (unpaired) electrons. The van der Waals surface area contributed by atoms with Crippen LogP contribution in [0.2, 0.25) is 0 Å². The second-order valence-corrected chi connectivity index (χ2v) is 4.90. The lowest BCUT2D eigenvalue weighted by molar-refractivity contribution is -0.263. The number of hydrogen-bond donors (Lipinski definition) is 1. The van der Waals surface area contributed by atoms with Crippen LogP contribution in [0, 0.1) is 6.92 Å². The topological polar surface area (TPSA) is 75.8 Å². The predicted octanol–water partition coefficient (Wildman–Crippen LogP) is 3.33. The Labute approximate surface area is 126 Å². The SMILES string of the molecule is CC(=O)N(O)Oc1ccc(-c2nc3cc(C)ccc3o2)cc1. The van der Waals surface area contributed by atoms with E-state index in [2.05, 4.69) is 4.98 Å². The van der Waals surface area contributed by atoms with Crippen LogP contribution >= 0.6 is 0 Å². The molecule has 0 unspecified atom stereocenters. The van der Waals surface area contributed by atoms with Gasteiger partial charge in [-0.1, -0.05) is 6.07 Å². The fourth-order valence-electron chi connectivity index (χ4n) is 1.98. The summed E-state index contributed by atoms with van der Waals surface area (Å²) in [6.07, 6.45) is 0. The van der Waals surface area contributed by atoms with Crippen LogP contribution in [0.3, 0.4) is 0 Å². The number of rotatable bonds is 3. The van der Waals surface area contributed by atoms with Gasteiger partial charge in [-0.3, -0.25) is 10.0 Å². The van der Waals surface area contributed by atoms with Crippen LogP contribution in [0.4, 0.5) is 0 Å². The van der Waals surface area contributed by atoms with Gasteiger partial charge in [0.1, 0.15) is 5.52 Å². The molecular weight excluding hydrogens is 284 g/mol. The summed E-state index contributed by atoms with van der Waals surface area (Å²) in [7, 11) is 0. The summed E-state index contributed by atoms with van der Waals surface area (Å²) in [4.78, 5) is 20.3. The van der Waals surface area contributed by atoms with Crippen molar-refractivity contribution in [3.63, 3.8) is 0 Å². The van der Waals surface area contributed by atoms with Gasteiger partial charge in [0.25, 0.3) is 5.91 Å². The van der Waals surface area contributed by atoms with E-state index in [1.165, 1.54) is 6.92 Å². The van der Waals surface area contributed by atoms with Crippen molar-refractivity contribution in [2.45, 2.75) is 13.8 Å². The zero-order valence-electron chi connectivity index (χ0n) is 12.1. The smallest absolute Gasteiger partial charge is 0.281 e. The van der Waals surface area contributed by atoms with E-state index in [1.807, 2.05) is 25.1 Å². The van der Waals surface area contributed by atoms with E-state index < -0.39 is 5.91 Å². The lowest BCUT2D eigenvalue weighted by Crippen LogP contribution is -2.28. The lowest BCUT2D eigenvalue weighted by Gasteiger charge is -2.12. The number of benzene rings is 2. The van der Waals surface area contributed by atoms with Crippen molar-refractivity contribution in [2.24, 2.45) is 0 Å². The molecule has 0 saturated carbocycles. The molecule has 3 rings (SSSR count). The molecule has 0 saturated heterocycles. The molecule has 0 aliphatic heterocycles. The van der Waals surface area contributed by atoms with Gasteiger partial charge in [0.2, 0.25) is 5.89 Å². The summed E-state index contributed by atoms with van der Waals surface area (Å²) in [6, 6.07) is 12.5. The van der Waals surface area contributed by atoms with Crippen molar-refractivity contribution in [1.82, 2.24) is 10.2 Å². The first-order chi connectivity index (χ1) is 10.5. The average Bonchev–Trinajstić information content (AvgIpc) is 2.90. The largest absolute Gasteiger partial charge is 0.436 e. The summed E-state index contributed by atoms with van der Waals surface area (Å²) >= 11 is 0. The van der Waals surface area contributed by atoms with Crippen LogP contribution in [0.1, 0.15) is 12.5 Å². The second-order valence-electron chi connectivity index (χ2n) is 4.90. The van der Waals surface area contributed by atoms with Crippen molar-refractivity contribution in [2.75, 3.05) is 0 Å². The predicted molar refractivity (Wildman–Crippen MR) is 79.1 cm³/mol. The van der Waals surface area contributed by atoms with E-state index in [4.69, 9.17) is 9.25 Å². The number of hydrogen-bond acceptors (Lipinski definition) is 5. The van der Waals surface area contributed by atoms with Crippen molar-refractivity contribution in [3.05, 3.63) is 48.0 Å². The molecule has 0 fully saturated rings. The molecule has 6 nitrogen and oxygen atoms in total. The zero-order valence-corrected chi connectivity index (χ0v) is 12.1. The van der Waals surface area contributed by atoms with Crippen molar-refractivity contribution in [1.29, 1.82) is 0 Å². The molecule has 1 N–H and O–H groups in total. The minimum absolute atomic E-state index is 0.178. The number of oxazole rings is 1. The van der Waals surface area contributed by atoms with Crippen LogP contribution in [0.5, 0.6) is 5.75 Å². The van der Waals surface area contributed by atoms with Gasteiger partial charge in [-0.2, -0.15) is 0 Å². The molecule has 3 aromatic rings. The Morgan fingerprint density at radius 3 is 2.64 bits per heavy atom. The zero-order chi connectivity index (χ0) is 15.7. The lowest BCUT2D eigenvalue weighted by atomic mass is 10.2. The highest BCUT2D eigenvalue weighted by Gasteiger charge is 2.10. The number of carbonyl (C=O) groups is 1. The molecule has 2 aromatic carbocycles. The Kier molecular flexibility index (Phi) is 3.52. The fraction of sp³-hybridized carbons (Fsp3) is 0.125. The summed E-state index contributed by atoms with van der Waals surface area (Å²) in [5.41, 5.74) is 3.41. The molecule has 0 aliphatic rings. The van der Waals surface area contributed by atoms with Gasteiger partial charge in [-0.15, -0.1) is 0 Å². The quantitative estimate of drug-likeness (QED) is 0.593. The van der Waals surface area contributed by atoms with Gasteiger partial charge in [-0.25, -0.2) is 4.98 Å². The van der Waals surface area contributed by atoms with Gasteiger partial charge in [0.05, 0.1) is 0 Å². The Morgan fingerprint density at radius 1 is 1.23 bits per heavy atom. The van der Waals surface area contributed by atoms with Crippen molar-refractivity contribution in [3.8, 4) is 17.2 Å². The summed E-state index contributed by atoms with van der Waals surface area (Å²) in [5.74, 6) is 0.214. The Balaban J connectivity index is 1.86. The second kappa shape index (κ2) is 5.50. The Hall–Kier alpha value is -2.86. The van der Waals surface area contributed by atoms with Gasteiger partial charge in [0.15, 0.2) is 11.3 Å². The van der Waals surface area contributed by atoms with Crippen molar-refractivity contribution < 1.29 is 19.3 Å². The first-order valence-corrected chi connectivity index (χ1v) is 6.68. The molecule has 1 heterocycles. The normalized spacial score (nSPS) is 10.7. The van der Waals surface area contributed by atoms with Gasteiger partial charge < -0.3 is 9.25 Å². The molecule has 0 spiro atoms. The monoisotopic (exact) mass is 298 g/mol. The van der Waals surface area contributed by atoms with Crippen LogP contribution in [-0.2, 0) is 4.79 Å². The molecule has 0 atom stereocenters. The molecule has 0 bridgehead atoms. The summed E-state index contributed by atoms with van der Waals surface area (Å²) in [5, 5.41) is 9.40. The number of carbonyl (C=O) groups excluding carboxylic acids is 1. The van der Waals surface area contributed by atoms with Gasteiger partial charge >= 0.3 is 0 Å². The highest BCUT2D eigenvalue weighted by Crippen LogP contribution is 2.26. The third kappa shape index (κ3) is 2.77. The third-order valence-corrected chi connectivity index (χ3v) is 3.11. The molecule has 1 aromatic heterocycles. The van der Waals surface area contributed by atoms with E-state index in [9.17, 15) is 10.0 Å². The standard InChI is InChI=1S/C16H14N2O4/c1-10-3-8-15-14(9-10)17-16(21-15)12-4-6-13(7-5-12)22-18(20)11(2)19/h3-9,20H,1-2H3. The molecular formula is C16H14N2O4. The van der Waals surface area contributed by atoms with Gasteiger partial charge in [-0.05, 0) is 54.1 Å². The molecule has 1 amide bonds. The Bertz CT molecular complexity index is 824. The number of fused-ring (bicyclic) bond motifs is 1. The number of hydroxylamine groups is 2. The molecule has 6 heteroatoms. The maximum Gasteiger partial charge on any atom is 0.281 e. The summed E-state index contributed by atoms with van der Waals surface area (Å²) in [6.45, 7) is 3.18. The highest BCUT2D eigenvalue weighted by atomic mass is 16.9. The number of aromatic nitrogens is 1. The van der Waals surface area contributed by atoms with E-state index in [0.29, 0.717) is 11.6 Å². The summed E-state index contributed by atoms with van der Waals surface area (Å²) < 4.78 is 5.70. The van der Waals surface area contributed by atoms with E-state index in [0.717, 1.165) is 22.2 Å². The van der Waals surface area contributed by atoms with Gasteiger partial charge in [0, 0.05) is 12.5 Å². The van der Waals surface area contributed by atoms with Crippen LogP contribution < -0.4 is 4.84 Å². The number of nitrogens with zero attached hydrogens (tertiary/aromatic N) is 2. The minimum atomic E-state index is -0.613. The van der Waals surface area contributed by atoms with E-state index in [-0.39, 0.29) is 5.23 Å². The number of amides is 1. The van der Waals surface area contributed by atoms with E-state index >= 15 is 0 Å². The highest BCUT2D eigenvalue weighted by molar-refractivity contribution is 5.77. The first kappa shape index (κ1) is 14.1. The average molecular weight is 298 g/mol. The van der Waals surface area contributed by atoms with E-state index in [1.54, 1.807) is 24.3 Å². The molecule has 22 heavy (non-hydrogen) atoms. The number of aryl methyl sites for hydroxylation is 1. The van der Waals surface area contributed by atoms with Crippen LogP contribution in [0.25, 0.3) is 22.6 Å². The van der Waals surface area contributed by atoms with Crippen LogP contribution in [0.15, 0.2) is 46.9 Å². The Morgan fingerprint density at radius 2 is 1.95 bits per heavy atom. The molecule has 112 valence electrons. The minimum Gasteiger partial charge on any atom is -0.436 e.